The number of ether oxygens (including phenoxy) is 1. The molecule has 1 aromatic rings. The van der Waals surface area contributed by atoms with Gasteiger partial charge in [0.25, 0.3) is 0 Å². The minimum atomic E-state index is -0.603. The molecule has 0 bridgehead atoms. The molecule has 3 rings (SSSR count). The number of amides is 1. The molecule has 2 aliphatic rings. The molecule has 0 aromatic heterocycles. The Morgan fingerprint density at radius 1 is 1.43 bits per heavy atom. The maximum Gasteiger partial charge on any atom is 0.341 e. The first kappa shape index (κ1) is 15.7. The van der Waals surface area contributed by atoms with E-state index in [0.29, 0.717) is 28.6 Å². The zero-order valence-corrected chi connectivity index (χ0v) is 13.4. The molecule has 1 amide bonds. The number of halogens is 1. The van der Waals surface area contributed by atoms with Gasteiger partial charge in [0.05, 0.1) is 17.3 Å². The van der Waals surface area contributed by atoms with E-state index in [1.165, 1.54) is 6.07 Å². The summed E-state index contributed by atoms with van der Waals surface area (Å²) in [6.07, 6.45) is 4.32. The third-order valence-corrected chi connectivity index (χ3v) is 4.49. The van der Waals surface area contributed by atoms with Crippen molar-refractivity contribution in [2.75, 3.05) is 11.9 Å². The van der Waals surface area contributed by atoms with Crippen LogP contribution in [0.25, 0.3) is 0 Å². The molecule has 1 saturated carbocycles. The van der Waals surface area contributed by atoms with Crippen LogP contribution in [-0.4, -0.2) is 24.8 Å². The van der Waals surface area contributed by atoms with Crippen molar-refractivity contribution in [1.29, 1.82) is 0 Å². The third kappa shape index (κ3) is 2.88. The van der Waals surface area contributed by atoms with Crippen molar-refractivity contribution < 1.29 is 19.1 Å². The predicted molar refractivity (Wildman–Crippen MR) is 85.7 cm³/mol. The van der Waals surface area contributed by atoms with Gasteiger partial charge in [-0.05, 0) is 43.4 Å². The number of anilines is 1. The Morgan fingerprint density at radius 2 is 2.17 bits per heavy atom. The molecule has 1 unspecified atom stereocenters. The van der Waals surface area contributed by atoms with Gasteiger partial charge in [0.1, 0.15) is 5.57 Å². The van der Waals surface area contributed by atoms with Gasteiger partial charge in [0, 0.05) is 11.5 Å². The molecule has 2 aliphatic carbocycles. The number of fused-ring (bicyclic) bond motifs is 1. The van der Waals surface area contributed by atoms with Crippen molar-refractivity contribution in [1.82, 2.24) is 0 Å². The lowest BCUT2D eigenvalue weighted by molar-refractivity contribution is -0.138. The third-order valence-electron chi connectivity index (χ3n) is 4.17. The number of carbonyl (C=O) groups excluding carboxylic acids is 3. The smallest absolute Gasteiger partial charge is 0.341 e. The predicted octanol–water partition coefficient (Wildman–Crippen LogP) is 3.09. The Bertz CT molecular complexity index is 722. The standard InChI is InChI=1S/C17H16ClNO4/c1-2-23-17(22)13-5-10(9-3-4-9)11-6-14(18)15(19-8-20)7-12(11)16(13)21/h5-10H,2-4H2,1H3,(H,19,20). The maximum atomic E-state index is 12.7. The van der Waals surface area contributed by atoms with Crippen LogP contribution in [-0.2, 0) is 14.3 Å². The average Bonchev–Trinajstić information content (AvgIpc) is 3.34. The van der Waals surface area contributed by atoms with Crippen molar-refractivity contribution in [3.05, 3.63) is 39.9 Å². The largest absolute Gasteiger partial charge is 0.462 e. The highest BCUT2D eigenvalue weighted by molar-refractivity contribution is 6.34. The summed E-state index contributed by atoms with van der Waals surface area (Å²) in [5.74, 6) is -0.605. The van der Waals surface area contributed by atoms with Crippen LogP contribution >= 0.6 is 11.6 Å². The van der Waals surface area contributed by atoms with Crippen LogP contribution in [0.15, 0.2) is 23.8 Å². The lowest BCUT2D eigenvalue weighted by Crippen LogP contribution is -2.24. The van der Waals surface area contributed by atoms with E-state index in [1.807, 2.05) is 0 Å². The Morgan fingerprint density at radius 3 is 2.78 bits per heavy atom. The van der Waals surface area contributed by atoms with Gasteiger partial charge in [-0.25, -0.2) is 4.79 Å². The van der Waals surface area contributed by atoms with E-state index in [4.69, 9.17) is 16.3 Å². The van der Waals surface area contributed by atoms with Crippen LogP contribution in [0.2, 0.25) is 5.02 Å². The molecule has 1 aromatic carbocycles. The second-order valence-electron chi connectivity index (χ2n) is 5.67. The van der Waals surface area contributed by atoms with Crippen molar-refractivity contribution >= 4 is 35.5 Å². The molecule has 5 nitrogen and oxygen atoms in total. The number of hydrogen-bond donors (Lipinski definition) is 1. The van der Waals surface area contributed by atoms with Crippen molar-refractivity contribution in [2.24, 2.45) is 5.92 Å². The first-order valence-electron chi connectivity index (χ1n) is 7.54. The Labute approximate surface area is 138 Å². The molecule has 120 valence electrons. The number of Topliss-reactive ketones (excluding diaryl/α,β-unsaturated/α-hetero) is 1. The van der Waals surface area contributed by atoms with Crippen LogP contribution < -0.4 is 5.32 Å². The summed E-state index contributed by atoms with van der Waals surface area (Å²) in [5, 5.41) is 2.85. The number of hydrogen-bond acceptors (Lipinski definition) is 4. The molecule has 0 saturated heterocycles. The summed E-state index contributed by atoms with van der Waals surface area (Å²) < 4.78 is 4.99. The van der Waals surface area contributed by atoms with E-state index < -0.39 is 5.97 Å². The highest BCUT2D eigenvalue weighted by Gasteiger charge is 2.39. The van der Waals surface area contributed by atoms with Crippen LogP contribution in [0.5, 0.6) is 0 Å². The number of rotatable bonds is 5. The van der Waals surface area contributed by atoms with E-state index >= 15 is 0 Å². The highest BCUT2D eigenvalue weighted by atomic mass is 35.5. The van der Waals surface area contributed by atoms with Crippen LogP contribution in [0.1, 0.15) is 41.6 Å². The Kier molecular flexibility index (Phi) is 4.22. The summed E-state index contributed by atoms with van der Waals surface area (Å²) in [6.45, 7) is 1.91. The summed E-state index contributed by atoms with van der Waals surface area (Å²) in [6, 6.07) is 3.25. The molecular weight excluding hydrogens is 318 g/mol. The molecule has 0 radical (unpaired) electrons. The molecule has 0 heterocycles. The molecule has 23 heavy (non-hydrogen) atoms. The Hall–Kier alpha value is -2.14. The Balaban J connectivity index is 2.08. The average molecular weight is 334 g/mol. The fourth-order valence-corrected chi connectivity index (χ4v) is 3.17. The molecule has 1 fully saturated rings. The maximum absolute atomic E-state index is 12.7. The van der Waals surface area contributed by atoms with Crippen LogP contribution in [0.4, 0.5) is 5.69 Å². The number of allylic oxidation sites excluding steroid dienone is 1. The lowest BCUT2D eigenvalue weighted by Gasteiger charge is -2.24. The summed E-state index contributed by atoms with van der Waals surface area (Å²) in [4.78, 5) is 35.4. The van der Waals surface area contributed by atoms with Gasteiger partial charge in [0.15, 0.2) is 5.78 Å². The first-order valence-corrected chi connectivity index (χ1v) is 7.91. The molecule has 1 N–H and O–H groups in total. The quantitative estimate of drug-likeness (QED) is 0.510. The van der Waals surface area contributed by atoms with E-state index in [0.717, 1.165) is 18.4 Å². The monoisotopic (exact) mass is 333 g/mol. The number of benzene rings is 1. The highest BCUT2D eigenvalue weighted by Crippen LogP contribution is 2.48. The summed E-state index contributed by atoms with van der Waals surface area (Å²) in [5.41, 5.74) is 1.64. The van der Waals surface area contributed by atoms with Crippen molar-refractivity contribution in [2.45, 2.75) is 25.7 Å². The van der Waals surface area contributed by atoms with Crippen LogP contribution in [0.3, 0.4) is 0 Å². The number of carbonyl (C=O) groups is 3. The molecule has 0 aliphatic heterocycles. The SMILES string of the molecule is CCOC(=O)C1=CC(C2CC2)c2cc(Cl)c(NC=O)cc2C1=O. The topological polar surface area (TPSA) is 72.5 Å². The molecule has 1 atom stereocenters. The van der Waals surface area contributed by atoms with Gasteiger partial charge >= 0.3 is 5.97 Å². The zero-order valence-electron chi connectivity index (χ0n) is 12.6. The summed E-state index contributed by atoms with van der Waals surface area (Å²) in [7, 11) is 0. The van der Waals surface area contributed by atoms with E-state index in [9.17, 15) is 14.4 Å². The van der Waals surface area contributed by atoms with Crippen LogP contribution in [0, 0.1) is 5.92 Å². The van der Waals surface area contributed by atoms with Gasteiger partial charge in [-0.15, -0.1) is 0 Å². The number of esters is 1. The fraction of sp³-hybridized carbons (Fsp3) is 0.353. The van der Waals surface area contributed by atoms with E-state index in [-0.39, 0.29) is 23.9 Å². The van der Waals surface area contributed by atoms with Gasteiger partial charge in [0.2, 0.25) is 6.41 Å². The zero-order chi connectivity index (χ0) is 16.6. The fourth-order valence-electron chi connectivity index (χ4n) is 2.94. The minimum Gasteiger partial charge on any atom is -0.462 e. The van der Waals surface area contributed by atoms with Gasteiger partial charge in [-0.3, -0.25) is 9.59 Å². The minimum absolute atomic E-state index is 0.0233. The number of ketones is 1. The summed E-state index contributed by atoms with van der Waals surface area (Å²) >= 11 is 6.18. The van der Waals surface area contributed by atoms with Crippen molar-refractivity contribution in [3.8, 4) is 0 Å². The second-order valence-corrected chi connectivity index (χ2v) is 6.08. The van der Waals surface area contributed by atoms with Crippen molar-refractivity contribution in [3.63, 3.8) is 0 Å². The normalized spacial score (nSPS) is 19.7. The second kappa shape index (κ2) is 6.16. The van der Waals surface area contributed by atoms with Gasteiger partial charge < -0.3 is 10.1 Å². The number of nitrogens with one attached hydrogen (secondary N) is 1. The molecular formula is C17H16ClNO4. The van der Waals surface area contributed by atoms with E-state index in [2.05, 4.69) is 5.32 Å². The van der Waals surface area contributed by atoms with Gasteiger partial charge in [-0.1, -0.05) is 17.7 Å². The van der Waals surface area contributed by atoms with Gasteiger partial charge in [-0.2, -0.15) is 0 Å². The van der Waals surface area contributed by atoms with E-state index in [1.54, 1.807) is 19.1 Å². The first-order chi connectivity index (χ1) is 11.1. The lowest BCUT2D eigenvalue weighted by atomic mass is 9.80. The molecule has 6 heteroatoms. The molecule has 0 spiro atoms.